The Bertz CT molecular complexity index is 1620. The molecule has 8 nitrogen and oxygen atoms in total. The second-order valence-electron chi connectivity index (χ2n) is 8.46. The van der Waals surface area contributed by atoms with Gasteiger partial charge in [-0.05, 0) is 41.0 Å². The van der Waals surface area contributed by atoms with Crippen LogP contribution in [0, 0.1) is 0 Å². The fourth-order valence-electron chi connectivity index (χ4n) is 4.07. The number of anilines is 1. The summed E-state index contributed by atoms with van der Waals surface area (Å²) in [6.45, 7) is 0.237. The van der Waals surface area contributed by atoms with Crippen LogP contribution in [-0.2, 0) is 18.4 Å². The van der Waals surface area contributed by atoms with E-state index in [0.717, 1.165) is 11.1 Å². The van der Waals surface area contributed by atoms with E-state index in [4.69, 9.17) is 27.7 Å². The molecule has 2 aromatic heterocycles. The molecule has 2 heterocycles. The van der Waals surface area contributed by atoms with Gasteiger partial charge < -0.3 is 4.52 Å². The van der Waals surface area contributed by atoms with E-state index in [0.29, 0.717) is 50.3 Å². The van der Waals surface area contributed by atoms with Crippen LogP contribution in [0.15, 0.2) is 94.4 Å². The van der Waals surface area contributed by atoms with Gasteiger partial charge in [-0.25, -0.2) is 4.68 Å². The molecule has 5 aromatic rings. The Kier molecular flexibility index (Phi) is 7.26. The molecule has 0 spiro atoms. The van der Waals surface area contributed by atoms with Crippen LogP contribution in [0.25, 0.3) is 33.6 Å². The highest BCUT2D eigenvalue weighted by atomic mass is 35.5. The van der Waals surface area contributed by atoms with Gasteiger partial charge in [0.05, 0.1) is 18.3 Å². The number of halogens is 2. The SMILES string of the molecule is Cn1nc(NN(C=O)Cc2ccc(-c3ccno3)cc2)c(-c2ccc(Cl)cc2)c(-c2ccc(Cl)cc2)c1=O. The number of nitrogens with zero attached hydrogens (tertiary/aromatic N) is 4. The lowest BCUT2D eigenvalue weighted by Crippen LogP contribution is -2.31. The Morgan fingerprint density at radius 2 is 1.45 bits per heavy atom. The van der Waals surface area contributed by atoms with Crippen LogP contribution in [0.3, 0.4) is 0 Å². The van der Waals surface area contributed by atoms with E-state index >= 15 is 0 Å². The third kappa shape index (κ3) is 5.32. The summed E-state index contributed by atoms with van der Waals surface area (Å²) in [4.78, 5) is 25.5. The van der Waals surface area contributed by atoms with E-state index < -0.39 is 0 Å². The first-order valence-electron chi connectivity index (χ1n) is 11.5. The molecule has 0 aliphatic carbocycles. The molecular formula is C28H21Cl2N5O3. The van der Waals surface area contributed by atoms with Gasteiger partial charge in [0.25, 0.3) is 5.56 Å². The van der Waals surface area contributed by atoms with Gasteiger partial charge in [-0.2, -0.15) is 5.10 Å². The van der Waals surface area contributed by atoms with Crippen molar-refractivity contribution in [3.8, 4) is 33.6 Å². The average molecular weight is 546 g/mol. The molecule has 0 saturated heterocycles. The highest BCUT2D eigenvalue weighted by Gasteiger charge is 2.21. The number of nitrogens with one attached hydrogen (secondary N) is 1. The molecule has 5 rings (SSSR count). The number of benzene rings is 3. The number of hydrogen-bond donors (Lipinski definition) is 1. The van der Waals surface area contributed by atoms with Crippen molar-refractivity contribution < 1.29 is 9.32 Å². The molecule has 0 atom stereocenters. The van der Waals surface area contributed by atoms with E-state index in [9.17, 15) is 9.59 Å². The first-order valence-corrected chi connectivity index (χ1v) is 12.3. The average Bonchev–Trinajstić information content (AvgIpc) is 3.47. The summed E-state index contributed by atoms with van der Waals surface area (Å²) in [5.74, 6) is 0.975. The van der Waals surface area contributed by atoms with Gasteiger partial charge in [-0.15, -0.1) is 0 Å². The predicted molar refractivity (Wildman–Crippen MR) is 148 cm³/mol. The molecule has 0 radical (unpaired) electrons. The first kappa shape index (κ1) is 25.3. The smallest absolute Gasteiger partial charge is 0.275 e. The molecule has 0 aliphatic heterocycles. The van der Waals surface area contributed by atoms with Crippen molar-refractivity contribution in [2.75, 3.05) is 5.43 Å². The summed E-state index contributed by atoms with van der Waals surface area (Å²) in [7, 11) is 1.56. The zero-order chi connectivity index (χ0) is 26.6. The summed E-state index contributed by atoms with van der Waals surface area (Å²) >= 11 is 12.2. The third-order valence-electron chi connectivity index (χ3n) is 5.92. The van der Waals surface area contributed by atoms with Gasteiger partial charge in [0.2, 0.25) is 6.41 Å². The molecule has 1 amide bonds. The van der Waals surface area contributed by atoms with Crippen LogP contribution in [-0.4, -0.2) is 26.4 Å². The summed E-state index contributed by atoms with van der Waals surface area (Å²) in [6, 6.07) is 23.4. The molecule has 0 saturated carbocycles. The van der Waals surface area contributed by atoms with Crippen LogP contribution in [0.2, 0.25) is 10.0 Å². The Labute approximate surface area is 228 Å². The standard InChI is InChI=1S/C28H21Cl2N5O3/c1-34-28(37)26(21-8-12-23(30)13-9-21)25(20-6-10-22(29)11-7-20)27(32-34)33-35(17-36)16-18-2-4-19(5-3-18)24-14-15-31-38-24/h2-15,17H,16H2,1H3,(H,32,33). The number of carbonyl (C=O) groups is 1. The van der Waals surface area contributed by atoms with Crippen molar-refractivity contribution in [1.29, 1.82) is 0 Å². The van der Waals surface area contributed by atoms with Gasteiger partial charge in [-0.1, -0.05) is 76.9 Å². The zero-order valence-electron chi connectivity index (χ0n) is 20.1. The number of aromatic nitrogens is 3. The van der Waals surface area contributed by atoms with Crippen molar-refractivity contribution in [1.82, 2.24) is 19.9 Å². The maximum atomic E-state index is 13.4. The lowest BCUT2D eigenvalue weighted by atomic mass is 9.96. The topological polar surface area (TPSA) is 93.3 Å². The monoisotopic (exact) mass is 545 g/mol. The Morgan fingerprint density at radius 3 is 2.00 bits per heavy atom. The number of aryl methyl sites for hydroxylation is 1. The first-order chi connectivity index (χ1) is 18.4. The summed E-state index contributed by atoms with van der Waals surface area (Å²) in [6.07, 6.45) is 2.25. The van der Waals surface area contributed by atoms with Crippen LogP contribution >= 0.6 is 23.2 Å². The van der Waals surface area contributed by atoms with Gasteiger partial charge in [0.1, 0.15) is 0 Å². The van der Waals surface area contributed by atoms with Gasteiger partial charge in [0, 0.05) is 34.3 Å². The van der Waals surface area contributed by atoms with Crippen molar-refractivity contribution >= 4 is 35.4 Å². The highest BCUT2D eigenvalue weighted by molar-refractivity contribution is 6.31. The largest absolute Gasteiger partial charge is 0.356 e. The number of rotatable bonds is 8. The zero-order valence-corrected chi connectivity index (χ0v) is 21.6. The normalized spacial score (nSPS) is 10.8. The number of carbonyl (C=O) groups excluding carboxylic acids is 1. The lowest BCUT2D eigenvalue weighted by molar-refractivity contribution is -0.117. The molecule has 38 heavy (non-hydrogen) atoms. The quantitative estimate of drug-likeness (QED) is 0.188. The van der Waals surface area contributed by atoms with Gasteiger partial charge in [-0.3, -0.25) is 20.0 Å². The molecule has 1 N–H and O–H groups in total. The second-order valence-corrected chi connectivity index (χ2v) is 9.33. The van der Waals surface area contributed by atoms with Crippen molar-refractivity contribution in [2.24, 2.45) is 7.05 Å². The number of hydrogen-bond acceptors (Lipinski definition) is 6. The van der Waals surface area contributed by atoms with Crippen molar-refractivity contribution in [2.45, 2.75) is 6.54 Å². The molecule has 0 fully saturated rings. The predicted octanol–water partition coefficient (Wildman–Crippen LogP) is 6.06. The van der Waals surface area contributed by atoms with E-state index in [1.54, 1.807) is 67.8 Å². The molecule has 0 aliphatic rings. The van der Waals surface area contributed by atoms with Crippen molar-refractivity contribution in [3.05, 3.63) is 111 Å². The molecule has 190 valence electrons. The second kappa shape index (κ2) is 10.9. The Morgan fingerprint density at radius 1 is 0.868 bits per heavy atom. The lowest BCUT2D eigenvalue weighted by Gasteiger charge is -2.23. The third-order valence-corrected chi connectivity index (χ3v) is 6.42. The molecule has 10 heteroatoms. The van der Waals surface area contributed by atoms with E-state index in [1.165, 1.54) is 9.69 Å². The minimum Gasteiger partial charge on any atom is -0.356 e. The van der Waals surface area contributed by atoms with E-state index in [1.807, 2.05) is 24.3 Å². The molecule has 3 aromatic carbocycles. The highest BCUT2D eigenvalue weighted by Crippen LogP contribution is 2.35. The summed E-state index contributed by atoms with van der Waals surface area (Å²) in [5, 5.41) is 10.7. The fourth-order valence-corrected chi connectivity index (χ4v) is 4.32. The van der Waals surface area contributed by atoms with Gasteiger partial charge in [0.15, 0.2) is 11.6 Å². The Balaban J connectivity index is 1.55. The minimum absolute atomic E-state index is 0.237. The van der Waals surface area contributed by atoms with Crippen LogP contribution < -0.4 is 11.0 Å². The molecule has 0 bridgehead atoms. The molecular weight excluding hydrogens is 525 g/mol. The van der Waals surface area contributed by atoms with Gasteiger partial charge >= 0.3 is 0 Å². The Hall–Kier alpha value is -4.40. The maximum Gasteiger partial charge on any atom is 0.275 e. The van der Waals surface area contributed by atoms with Crippen LogP contribution in [0.1, 0.15) is 5.56 Å². The maximum absolute atomic E-state index is 13.4. The molecule has 0 unspecified atom stereocenters. The van der Waals surface area contributed by atoms with Crippen molar-refractivity contribution in [3.63, 3.8) is 0 Å². The fraction of sp³-hybridized carbons (Fsp3) is 0.0714. The number of hydrazine groups is 1. The van der Waals surface area contributed by atoms with Crippen LogP contribution in [0.4, 0.5) is 5.82 Å². The van der Waals surface area contributed by atoms with Crippen LogP contribution in [0.5, 0.6) is 0 Å². The van der Waals surface area contributed by atoms with E-state index in [-0.39, 0.29) is 12.1 Å². The summed E-state index contributed by atoms with van der Waals surface area (Å²) < 4.78 is 6.43. The number of amides is 1. The minimum atomic E-state index is -0.302. The summed E-state index contributed by atoms with van der Waals surface area (Å²) in [5.41, 5.74) is 6.83. The van der Waals surface area contributed by atoms with E-state index in [2.05, 4.69) is 15.7 Å².